The van der Waals surface area contributed by atoms with E-state index in [0.717, 1.165) is 44.7 Å². The number of ether oxygens (including phenoxy) is 1. The standard InChI is InChI=1S/C26H41NO3/c1-17(28)30-24-23(27-13-5-4-6-14-27)15-22-20-10-8-18-7-9-19(29)16-26(18,3)21(20)11-12-25(22,24)2/h18,20-24H,4-16H2,1-3H3/t18-,20-,21+,22+,23+,24+,25+,26+/m1/s1. The molecule has 0 radical (unpaired) electrons. The molecule has 0 aromatic carbocycles. The van der Waals surface area contributed by atoms with Gasteiger partial charge in [0.15, 0.2) is 0 Å². The Morgan fingerprint density at radius 3 is 2.50 bits per heavy atom. The summed E-state index contributed by atoms with van der Waals surface area (Å²) < 4.78 is 6.14. The van der Waals surface area contributed by atoms with Crippen LogP contribution in [0.4, 0.5) is 0 Å². The van der Waals surface area contributed by atoms with Gasteiger partial charge in [-0.3, -0.25) is 14.5 Å². The van der Waals surface area contributed by atoms with Crippen molar-refractivity contribution in [2.24, 2.45) is 34.5 Å². The quantitative estimate of drug-likeness (QED) is 0.596. The van der Waals surface area contributed by atoms with E-state index >= 15 is 0 Å². The molecule has 8 atom stereocenters. The van der Waals surface area contributed by atoms with Crippen molar-refractivity contribution in [3.63, 3.8) is 0 Å². The van der Waals surface area contributed by atoms with E-state index in [4.69, 9.17) is 4.74 Å². The van der Waals surface area contributed by atoms with Crippen LogP contribution in [0.1, 0.15) is 91.4 Å². The van der Waals surface area contributed by atoms with E-state index in [1.807, 2.05) is 0 Å². The second kappa shape index (κ2) is 7.60. The highest BCUT2D eigenvalue weighted by molar-refractivity contribution is 5.80. The lowest BCUT2D eigenvalue weighted by Crippen LogP contribution is -2.55. The number of esters is 1. The first-order valence-corrected chi connectivity index (χ1v) is 12.8. The zero-order valence-corrected chi connectivity index (χ0v) is 19.3. The third-order valence-electron chi connectivity index (χ3n) is 10.5. The Bertz CT molecular complexity index is 700. The molecule has 0 spiro atoms. The summed E-state index contributed by atoms with van der Waals surface area (Å²) in [4.78, 5) is 27.2. The molecule has 0 aromatic rings. The van der Waals surface area contributed by atoms with E-state index in [9.17, 15) is 9.59 Å². The van der Waals surface area contributed by atoms with Crippen LogP contribution in [0, 0.1) is 34.5 Å². The Kier molecular flexibility index (Phi) is 5.31. The Morgan fingerprint density at radius 1 is 1.00 bits per heavy atom. The highest BCUT2D eigenvalue weighted by atomic mass is 16.5. The van der Waals surface area contributed by atoms with Crippen LogP contribution in [0.3, 0.4) is 0 Å². The zero-order valence-electron chi connectivity index (χ0n) is 19.3. The lowest BCUT2D eigenvalue weighted by molar-refractivity contribution is -0.166. The van der Waals surface area contributed by atoms with E-state index in [-0.39, 0.29) is 22.9 Å². The SMILES string of the molecule is CC(=O)O[C@H]1[C@@H](N2CCCCC2)C[C@H]2[C@@H]3CC[C@H]4CCC(=O)C[C@]4(C)[C@H]3CC[C@@]21C. The molecule has 168 valence electrons. The number of fused-ring (bicyclic) bond motifs is 5. The van der Waals surface area contributed by atoms with Gasteiger partial charge in [-0.15, -0.1) is 0 Å². The lowest BCUT2D eigenvalue weighted by atomic mass is 9.45. The van der Waals surface area contributed by atoms with E-state index in [2.05, 4.69) is 18.7 Å². The average molecular weight is 416 g/mol. The Balaban J connectivity index is 1.45. The normalized spacial score (nSPS) is 49.1. The summed E-state index contributed by atoms with van der Waals surface area (Å²) >= 11 is 0. The van der Waals surface area contributed by atoms with E-state index in [1.54, 1.807) is 6.92 Å². The number of hydrogen-bond acceptors (Lipinski definition) is 4. The Hall–Kier alpha value is -0.900. The largest absolute Gasteiger partial charge is 0.460 e. The van der Waals surface area contributed by atoms with Crippen LogP contribution in [-0.4, -0.2) is 41.9 Å². The fraction of sp³-hybridized carbons (Fsp3) is 0.923. The molecular formula is C26H41NO3. The number of Topliss-reactive ketones (excluding diaryl/α,β-unsaturated/α-hetero) is 1. The molecule has 4 heteroatoms. The van der Waals surface area contributed by atoms with Gasteiger partial charge in [-0.05, 0) is 93.5 Å². The van der Waals surface area contributed by atoms with Crippen LogP contribution in [0.2, 0.25) is 0 Å². The zero-order chi connectivity index (χ0) is 21.1. The minimum absolute atomic E-state index is 0.0394. The maximum Gasteiger partial charge on any atom is 0.302 e. The van der Waals surface area contributed by atoms with Crippen molar-refractivity contribution in [2.75, 3.05) is 13.1 Å². The Labute approximate surface area is 182 Å². The van der Waals surface area contributed by atoms with Crippen LogP contribution in [-0.2, 0) is 14.3 Å². The predicted molar refractivity (Wildman–Crippen MR) is 117 cm³/mol. The minimum atomic E-state index is -0.112. The monoisotopic (exact) mass is 415 g/mol. The first-order valence-electron chi connectivity index (χ1n) is 12.8. The summed E-state index contributed by atoms with van der Waals surface area (Å²) in [6.07, 6.45) is 12.8. The van der Waals surface area contributed by atoms with Gasteiger partial charge < -0.3 is 4.74 Å². The number of likely N-dealkylation sites (tertiary alicyclic amines) is 1. The first kappa shape index (κ1) is 21.0. The highest BCUT2D eigenvalue weighted by Gasteiger charge is 2.64. The molecule has 0 aromatic heterocycles. The molecule has 1 saturated heterocycles. The molecular weight excluding hydrogens is 374 g/mol. The summed E-state index contributed by atoms with van der Waals surface area (Å²) in [6.45, 7) is 8.80. The summed E-state index contributed by atoms with van der Waals surface area (Å²) in [5.41, 5.74) is 0.302. The molecule has 30 heavy (non-hydrogen) atoms. The summed E-state index contributed by atoms with van der Waals surface area (Å²) in [7, 11) is 0. The van der Waals surface area contributed by atoms with Gasteiger partial charge in [-0.2, -0.15) is 0 Å². The molecule has 0 bridgehead atoms. The summed E-state index contributed by atoms with van der Waals surface area (Å²) in [5.74, 6) is 3.13. The van der Waals surface area contributed by atoms with Crippen LogP contribution in [0.25, 0.3) is 0 Å². The number of piperidine rings is 1. The van der Waals surface area contributed by atoms with Crippen molar-refractivity contribution in [3.8, 4) is 0 Å². The molecule has 1 heterocycles. The molecule has 5 rings (SSSR count). The van der Waals surface area contributed by atoms with Gasteiger partial charge >= 0.3 is 5.97 Å². The van der Waals surface area contributed by atoms with Gasteiger partial charge in [-0.1, -0.05) is 20.3 Å². The lowest BCUT2D eigenvalue weighted by Gasteiger charge is -2.59. The van der Waals surface area contributed by atoms with E-state index in [1.165, 1.54) is 44.9 Å². The van der Waals surface area contributed by atoms with Gasteiger partial charge in [0.05, 0.1) is 0 Å². The van der Waals surface area contributed by atoms with Crippen LogP contribution in [0.5, 0.6) is 0 Å². The number of hydrogen-bond donors (Lipinski definition) is 0. The second-order valence-corrected chi connectivity index (χ2v) is 11.9. The van der Waals surface area contributed by atoms with Gasteiger partial charge in [0, 0.05) is 31.2 Å². The van der Waals surface area contributed by atoms with Crippen LogP contribution in [0.15, 0.2) is 0 Å². The molecule has 0 unspecified atom stereocenters. The highest BCUT2D eigenvalue weighted by Crippen LogP contribution is 2.66. The van der Waals surface area contributed by atoms with E-state index < -0.39 is 0 Å². The minimum Gasteiger partial charge on any atom is -0.460 e. The Morgan fingerprint density at radius 2 is 1.77 bits per heavy atom. The van der Waals surface area contributed by atoms with Crippen molar-refractivity contribution in [1.29, 1.82) is 0 Å². The number of carbonyl (C=O) groups excluding carboxylic acids is 2. The first-order chi connectivity index (χ1) is 14.3. The van der Waals surface area contributed by atoms with Crippen molar-refractivity contribution < 1.29 is 14.3 Å². The van der Waals surface area contributed by atoms with Gasteiger partial charge in [0.25, 0.3) is 0 Å². The predicted octanol–water partition coefficient (Wildman–Crippen LogP) is 4.99. The summed E-state index contributed by atoms with van der Waals surface area (Å²) in [6, 6.07) is 0.390. The molecule has 5 fully saturated rings. The molecule has 4 nitrogen and oxygen atoms in total. The molecule has 0 amide bonds. The smallest absolute Gasteiger partial charge is 0.302 e. The van der Waals surface area contributed by atoms with Crippen molar-refractivity contribution in [1.82, 2.24) is 4.90 Å². The third kappa shape index (κ3) is 3.19. The average Bonchev–Trinajstić information content (AvgIpc) is 3.00. The van der Waals surface area contributed by atoms with Crippen molar-refractivity contribution in [2.45, 2.75) is 104 Å². The van der Waals surface area contributed by atoms with Gasteiger partial charge in [0.2, 0.25) is 0 Å². The number of nitrogens with zero attached hydrogens (tertiary/aromatic N) is 1. The fourth-order valence-electron chi connectivity index (χ4n) is 9.08. The van der Waals surface area contributed by atoms with Crippen molar-refractivity contribution in [3.05, 3.63) is 0 Å². The van der Waals surface area contributed by atoms with Crippen LogP contribution < -0.4 is 0 Å². The van der Waals surface area contributed by atoms with E-state index in [0.29, 0.717) is 29.6 Å². The molecule has 1 aliphatic heterocycles. The second-order valence-electron chi connectivity index (χ2n) is 11.9. The van der Waals surface area contributed by atoms with Crippen molar-refractivity contribution >= 4 is 11.8 Å². The maximum atomic E-state index is 12.5. The molecule has 5 aliphatic rings. The topological polar surface area (TPSA) is 46.6 Å². The molecule has 4 aliphatic carbocycles. The molecule has 0 N–H and O–H groups in total. The number of ketones is 1. The molecule has 4 saturated carbocycles. The third-order valence-corrected chi connectivity index (χ3v) is 10.5. The number of rotatable bonds is 2. The van der Waals surface area contributed by atoms with Crippen LogP contribution >= 0.6 is 0 Å². The maximum absolute atomic E-state index is 12.5. The van der Waals surface area contributed by atoms with Gasteiger partial charge in [-0.25, -0.2) is 0 Å². The number of carbonyl (C=O) groups is 2. The fourth-order valence-corrected chi connectivity index (χ4v) is 9.08. The van der Waals surface area contributed by atoms with Gasteiger partial charge in [0.1, 0.15) is 11.9 Å². The summed E-state index contributed by atoms with van der Waals surface area (Å²) in [5, 5.41) is 0.